The first-order chi connectivity index (χ1) is 10.4. The van der Waals surface area contributed by atoms with Crippen LogP contribution in [0.2, 0.25) is 0 Å². The molecule has 0 saturated carbocycles. The molecule has 2 rings (SSSR count). The highest BCUT2D eigenvalue weighted by atomic mass is 32.2. The van der Waals surface area contributed by atoms with Crippen LogP contribution in [0.25, 0.3) is 0 Å². The minimum Gasteiger partial charge on any atom is -0.351 e. The van der Waals surface area contributed by atoms with Crippen molar-refractivity contribution in [1.82, 2.24) is 10.2 Å². The van der Waals surface area contributed by atoms with Crippen molar-refractivity contribution in [2.75, 3.05) is 25.1 Å². The molecule has 1 aliphatic rings. The van der Waals surface area contributed by atoms with E-state index in [1.54, 1.807) is 0 Å². The minimum atomic E-state index is -4.29. The Morgan fingerprint density at radius 1 is 1.36 bits per heavy atom. The summed E-state index contributed by atoms with van der Waals surface area (Å²) in [6, 6.07) is 5.39. The fourth-order valence-corrected chi connectivity index (χ4v) is 2.90. The van der Waals surface area contributed by atoms with Crippen molar-refractivity contribution in [1.29, 1.82) is 0 Å². The smallest absolute Gasteiger partial charge is 0.351 e. The van der Waals surface area contributed by atoms with E-state index in [-0.39, 0.29) is 11.9 Å². The number of nitrogens with zero attached hydrogens (tertiary/aromatic N) is 1. The highest BCUT2D eigenvalue weighted by molar-refractivity contribution is 7.99. The van der Waals surface area contributed by atoms with Crippen LogP contribution < -0.4 is 5.32 Å². The van der Waals surface area contributed by atoms with Gasteiger partial charge in [0.2, 0.25) is 5.91 Å². The van der Waals surface area contributed by atoms with Gasteiger partial charge in [-0.3, -0.25) is 9.69 Å². The summed E-state index contributed by atoms with van der Waals surface area (Å²) >= 11 is 1.48. The first-order valence-electron chi connectivity index (χ1n) is 7.05. The number of hydrogen-bond acceptors (Lipinski definition) is 3. The van der Waals surface area contributed by atoms with Crippen molar-refractivity contribution >= 4 is 17.7 Å². The third kappa shape index (κ3) is 4.91. The van der Waals surface area contributed by atoms with Crippen LogP contribution in [-0.4, -0.2) is 41.9 Å². The zero-order valence-corrected chi connectivity index (χ0v) is 13.1. The molecule has 22 heavy (non-hydrogen) atoms. The molecule has 0 aromatic heterocycles. The summed E-state index contributed by atoms with van der Waals surface area (Å²) in [6.45, 7) is 2.18. The average Bonchev–Trinajstić information content (AvgIpc) is 2.85. The first-order valence-corrected chi connectivity index (χ1v) is 8.44. The maximum absolute atomic E-state index is 12.5. The van der Waals surface area contributed by atoms with Crippen molar-refractivity contribution in [3.05, 3.63) is 35.4 Å². The van der Waals surface area contributed by atoms with Gasteiger partial charge in [-0.05, 0) is 30.4 Å². The monoisotopic (exact) mass is 332 g/mol. The van der Waals surface area contributed by atoms with E-state index in [2.05, 4.69) is 10.2 Å². The van der Waals surface area contributed by atoms with Crippen LogP contribution in [0, 0.1) is 0 Å². The number of halogens is 3. The minimum absolute atomic E-state index is 0.0360. The lowest BCUT2D eigenvalue weighted by Gasteiger charge is -2.17. The maximum atomic E-state index is 12.5. The molecule has 0 bridgehead atoms. The van der Waals surface area contributed by atoms with E-state index in [4.69, 9.17) is 0 Å². The lowest BCUT2D eigenvalue weighted by Crippen LogP contribution is -2.37. The molecule has 1 atom stereocenters. The molecule has 1 fully saturated rings. The van der Waals surface area contributed by atoms with Crippen LogP contribution >= 0.6 is 11.8 Å². The summed E-state index contributed by atoms with van der Waals surface area (Å²) in [5, 5.41) is 2.97. The Morgan fingerprint density at radius 2 is 2.05 bits per heavy atom. The van der Waals surface area contributed by atoms with E-state index in [1.165, 1.54) is 23.9 Å². The highest BCUT2D eigenvalue weighted by Gasteiger charge is 2.30. The van der Waals surface area contributed by atoms with E-state index in [0.29, 0.717) is 12.3 Å². The van der Waals surface area contributed by atoms with E-state index in [1.807, 2.05) is 6.26 Å². The lowest BCUT2D eigenvalue weighted by molar-refractivity contribution is -0.137. The second kappa shape index (κ2) is 7.37. The lowest BCUT2D eigenvalue weighted by atomic mass is 10.1. The number of amides is 1. The number of nitrogens with one attached hydrogen (secondary N) is 1. The molecule has 1 N–H and O–H groups in total. The van der Waals surface area contributed by atoms with Crippen LogP contribution in [0.1, 0.15) is 17.5 Å². The summed E-state index contributed by atoms with van der Waals surface area (Å²) in [6.07, 6.45) is -1.54. The number of hydrogen-bond donors (Lipinski definition) is 1. The van der Waals surface area contributed by atoms with Gasteiger partial charge in [0.05, 0.1) is 11.3 Å². The van der Waals surface area contributed by atoms with E-state index in [0.717, 1.165) is 37.2 Å². The predicted molar refractivity (Wildman–Crippen MR) is 81.7 cm³/mol. The number of alkyl halides is 3. The summed E-state index contributed by atoms with van der Waals surface area (Å²) in [5.74, 6) is 0.490. The summed E-state index contributed by atoms with van der Waals surface area (Å²) in [7, 11) is 0. The van der Waals surface area contributed by atoms with E-state index >= 15 is 0 Å². The van der Waals surface area contributed by atoms with Gasteiger partial charge in [0, 0.05) is 25.7 Å². The number of likely N-dealkylation sites (tertiary alicyclic amines) is 1. The summed E-state index contributed by atoms with van der Waals surface area (Å²) in [5.41, 5.74) is 0.226. The van der Waals surface area contributed by atoms with Gasteiger partial charge in [-0.15, -0.1) is 0 Å². The number of thioether (sulfide) groups is 1. The van der Waals surface area contributed by atoms with Gasteiger partial charge in [-0.25, -0.2) is 0 Å². The summed E-state index contributed by atoms with van der Waals surface area (Å²) in [4.78, 5) is 13.7. The van der Waals surface area contributed by atoms with Crippen LogP contribution in [0.15, 0.2) is 24.3 Å². The largest absolute Gasteiger partial charge is 0.416 e. The van der Waals surface area contributed by atoms with Gasteiger partial charge in [-0.2, -0.15) is 24.9 Å². The Bertz CT molecular complexity index is 505. The Kier molecular flexibility index (Phi) is 5.74. The number of rotatable bonds is 5. The summed E-state index contributed by atoms with van der Waals surface area (Å²) < 4.78 is 37.5. The fraction of sp³-hybridized carbons (Fsp3) is 0.533. The van der Waals surface area contributed by atoms with Crippen LogP contribution in [0.3, 0.4) is 0 Å². The Morgan fingerprint density at radius 3 is 2.64 bits per heavy atom. The zero-order valence-electron chi connectivity index (χ0n) is 12.3. The van der Waals surface area contributed by atoms with Gasteiger partial charge in [0.25, 0.3) is 0 Å². The van der Waals surface area contributed by atoms with Crippen molar-refractivity contribution < 1.29 is 18.0 Å². The van der Waals surface area contributed by atoms with Crippen molar-refractivity contribution in [3.63, 3.8) is 0 Å². The predicted octanol–water partition coefficient (Wildman–Crippen LogP) is 2.76. The zero-order chi connectivity index (χ0) is 16.2. The second-order valence-corrected chi connectivity index (χ2v) is 6.28. The molecule has 1 amide bonds. The Hall–Kier alpha value is -1.21. The van der Waals surface area contributed by atoms with Crippen molar-refractivity contribution in [3.8, 4) is 0 Å². The molecule has 1 aromatic rings. The standard InChI is InChI=1S/C15H19F3N2OS/c1-22-10-14(21)19-13-6-7-20(9-13)8-11-2-4-12(5-3-11)15(16,17)18/h2-5,13H,6-10H2,1H3,(H,19,21)/t13-/m1/s1. The van der Waals surface area contributed by atoms with Crippen molar-refractivity contribution in [2.24, 2.45) is 0 Å². The Labute approximate surface area is 132 Å². The second-order valence-electron chi connectivity index (χ2n) is 5.42. The van der Waals surface area contributed by atoms with Gasteiger partial charge in [0.15, 0.2) is 0 Å². The molecule has 1 saturated heterocycles. The number of carbonyl (C=O) groups excluding carboxylic acids is 1. The molecule has 122 valence electrons. The normalized spacial score (nSPS) is 19.4. The molecule has 1 aliphatic heterocycles. The van der Waals surface area contributed by atoms with Gasteiger partial charge in [-0.1, -0.05) is 12.1 Å². The van der Waals surface area contributed by atoms with Gasteiger partial charge in [0.1, 0.15) is 0 Å². The molecular formula is C15H19F3N2OS. The quantitative estimate of drug-likeness (QED) is 0.900. The third-order valence-electron chi connectivity index (χ3n) is 3.60. The molecule has 1 aromatic carbocycles. The Balaban J connectivity index is 1.84. The number of benzene rings is 1. The molecule has 0 unspecified atom stereocenters. The topological polar surface area (TPSA) is 32.3 Å². The maximum Gasteiger partial charge on any atom is 0.416 e. The highest BCUT2D eigenvalue weighted by Crippen LogP contribution is 2.29. The first kappa shape index (κ1) is 17.1. The molecule has 3 nitrogen and oxygen atoms in total. The van der Waals surface area contributed by atoms with Crippen LogP contribution in [0.5, 0.6) is 0 Å². The van der Waals surface area contributed by atoms with Crippen LogP contribution in [-0.2, 0) is 17.5 Å². The fourth-order valence-electron chi connectivity index (χ4n) is 2.55. The molecule has 7 heteroatoms. The van der Waals surface area contributed by atoms with Crippen molar-refractivity contribution in [2.45, 2.75) is 25.2 Å². The van der Waals surface area contributed by atoms with Gasteiger partial charge >= 0.3 is 6.18 Å². The number of carbonyl (C=O) groups is 1. The molecule has 0 aliphatic carbocycles. The van der Waals surface area contributed by atoms with E-state index in [9.17, 15) is 18.0 Å². The molecule has 1 heterocycles. The molecule has 0 radical (unpaired) electrons. The third-order valence-corrected chi connectivity index (χ3v) is 4.15. The molecule has 0 spiro atoms. The van der Waals surface area contributed by atoms with E-state index < -0.39 is 11.7 Å². The molecular weight excluding hydrogens is 313 g/mol. The van der Waals surface area contributed by atoms with Gasteiger partial charge < -0.3 is 5.32 Å². The SMILES string of the molecule is CSCC(=O)N[C@@H]1CCN(Cc2ccc(C(F)(F)F)cc2)C1. The van der Waals surface area contributed by atoms with Crippen LogP contribution in [0.4, 0.5) is 13.2 Å². The average molecular weight is 332 g/mol.